The van der Waals surface area contributed by atoms with E-state index in [4.69, 9.17) is 18.9 Å². The van der Waals surface area contributed by atoms with Crippen molar-refractivity contribution in [3.05, 3.63) is 0 Å². The van der Waals surface area contributed by atoms with Gasteiger partial charge in [-0.3, -0.25) is 9.69 Å². The van der Waals surface area contributed by atoms with Crippen molar-refractivity contribution in [3.63, 3.8) is 0 Å². The first-order valence-electron chi connectivity index (χ1n) is 10.2. The fraction of sp³-hybridized carbons (Fsp3) is 0.950. The van der Waals surface area contributed by atoms with Gasteiger partial charge in [-0.15, -0.1) is 0 Å². The minimum Gasteiger partial charge on any atom is -0.379 e. The summed E-state index contributed by atoms with van der Waals surface area (Å²) in [5.41, 5.74) is 0. The minimum absolute atomic E-state index is 0.0309. The molecule has 0 unspecified atom stereocenters. The van der Waals surface area contributed by atoms with Crippen LogP contribution in [-0.2, 0) is 23.7 Å². The lowest BCUT2D eigenvalue weighted by molar-refractivity contribution is -0.122. The van der Waals surface area contributed by atoms with Gasteiger partial charge in [0.25, 0.3) is 0 Å². The van der Waals surface area contributed by atoms with E-state index in [1.807, 2.05) is 11.9 Å². The number of nitrogens with one attached hydrogen (secondary N) is 1. The predicted molar refractivity (Wildman–Crippen MR) is 108 cm³/mol. The van der Waals surface area contributed by atoms with Gasteiger partial charge in [0.2, 0.25) is 5.91 Å². The van der Waals surface area contributed by atoms with Crippen molar-refractivity contribution in [2.45, 2.75) is 34.1 Å². The maximum Gasteiger partial charge on any atom is 0.234 e. The average Bonchev–Trinajstić information content (AvgIpc) is 2.57. The molecule has 1 amide bonds. The number of ether oxygens (including phenoxy) is 4. The maximum atomic E-state index is 11.7. The molecule has 0 radical (unpaired) electrons. The zero-order chi connectivity index (χ0) is 20.3. The average molecular weight is 391 g/mol. The molecule has 0 aromatic rings. The molecule has 0 aromatic heterocycles. The summed E-state index contributed by atoms with van der Waals surface area (Å²) in [6.45, 7) is 15.2. The Balaban J connectivity index is 3.21. The summed E-state index contributed by atoms with van der Waals surface area (Å²) in [7, 11) is 1.96. The molecule has 0 spiro atoms. The molecule has 0 fully saturated rings. The van der Waals surface area contributed by atoms with Gasteiger partial charge < -0.3 is 24.3 Å². The zero-order valence-electron chi connectivity index (χ0n) is 18.1. The Hall–Kier alpha value is -0.730. The van der Waals surface area contributed by atoms with Crippen molar-refractivity contribution >= 4 is 5.91 Å². The molecule has 0 heterocycles. The van der Waals surface area contributed by atoms with E-state index in [-0.39, 0.29) is 5.91 Å². The van der Waals surface area contributed by atoms with Crippen LogP contribution in [0.3, 0.4) is 0 Å². The van der Waals surface area contributed by atoms with Crippen molar-refractivity contribution in [2.75, 3.05) is 79.5 Å². The molecular formula is C20H42N2O5. The van der Waals surface area contributed by atoms with Crippen LogP contribution in [0.1, 0.15) is 34.1 Å². The van der Waals surface area contributed by atoms with Crippen molar-refractivity contribution in [2.24, 2.45) is 11.8 Å². The number of carbonyl (C=O) groups excluding carboxylic acids is 1. The third kappa shape index (κ3) is 21.4. The predicted octanol–water partition coefficient (Wildman–Crippen LogP) is 1.80. The Kier molecular flexibility index (Phi) is 18.1. The van der Waals surface area contributed by atoms with Crippen molar-refractivity contribution in [1.82, 2.24) is 10.2 Å². The summed E-state index contributed by atoms with van der Waals surface area (Å²) in [4.78, 5) is 13.7. The lowest BCUT2D eigenvalue weighted by Crippen LogP contribution is -2.38. The molecule has 0 bridgehead atoms. The first-order valence-corrected chi connectivity index (χ1v) is 10.2. The maximum absolute atomic E-state index is 11.7. The second kappa shape index (κ2) is 18.6. The number of hydrogen-bond acceptors (Lipinski definition) is 6. The summed E-state index contributed by atoms with van der Waals surface area (Å²) >= 11 is 0. The molecule has 0 atom stereocenters. The highest BCUT2D eigenvalue weighted by Gasteiger charge is 2.07. The van der Waals surface area contributed by atoms with Gasteiger partial charge in [-0.1, -0.05) is 27.7 Å². The fourth-order valence-corrected chi connectivity index (χ4v) is 2.33. The molecule has 1 N–H and O–H groups in total. The van der Waals surface area contributed by atoms with Crippen LogP contribution in [0.2, 0.25) is 0 Å². The zero-order valence-corrected chi connectivity index (χ0v) is 18.1. The first kappa shape index (κ1) is 26.3. The van der Waals surface area contributed by atoms with E-state index in [0.717, 1.165) is 19.6 Å². The van der Waals surface area contributed by atoms with Gasteiger partial charge in [0.05, 0.1) is 52.8 Å². The van der Waals surface area contributed by atoms with Gasteiger partial charge in [-0.05, 0) is 25.3 Å². The van der Waals surface area contributed by atoms with Crippen LogP contribution in [0, 0.1) is 11.8 Å². The first-order chi connectivity index (χ1) is 12.9. The van der Waals surface area contributed by atoms with Gasteiger partial charge in [0.1, 0.15) is 0 Å². The Bertz CT molecular complexity index is 340. The third-order valence-electron chi connectivity index (χ3n) is 3.61. The molecule has 0 saturated heterocycles. The number of amides is 1. The van der Waals surface area contributed by atoms with E-state index < -0.39 is 0 Å². The molecule has 162 valence electrons. The summed E-state index contributed by atoms with van der Waals surface area (Å²) in [5, 5.41) is 2.85. The standard InChI is InChI=1S/C20H42N2O5/c1-18(2)6-8-24-10-12-26-14-15-27-13-11-25-9-7-21-20(23)17-22(5)16-19(3)4/h18-19H,6-17H2,1-5H3,(H,21,23). The molecular weight excluding hydrogens is 348 g/mol. The molecule has 0 aliphatic rings. The smallest absolute Gasteiger partial charge is 0.234 e. The van der Waals surface area contributed by atoms with Crippen molar-refractivity contribution in [1.29, 1.82) is 0 Å². The number of rotatable bonds is 19. The van der Waals surface area contributed by atoms with E-state index in [0.29, 0.717) is 71.2 Å². The van der Waals surface area contributed by atoms with Gasteiger partial charge in [-0.25, -0.2) is 0 Å². The van der Waals surface area contributed by atoms with Gasteiger partial charge in [-0.2, -0.15) is 0 Å². The number of carbonyl (C=O) groups is 1. The number of likely N-dealkylation sites (N-methyl/N-ethyl adjacent to an activating group) is 1. The fourth-order valence-electron chi connectivity index (χ4n) is 2.33. The topological polar surface area (TPSA) is 69.3 Å². The Labute approximate surface area is 166 Å². The molecule has 0 rings (SSSR count). The van der Waals surface area contributed by atoms with E-state index >= 15 is 0 Å². The molecule has 0 aliphatic carbocycles. The van der Waals surface area contributed by atoms with Crippen LogP contribution < -0.4 is 5.32 Å². The van der Waals surface area contributed by atoms with Crippen LogP contribution in [-0.4, -0.2) is 90.3 Å². The lowest BCUT2D eigenvalue weighted by Gasteiger charge is -2.18. The van der Waals surface area contributed by atoms with E-state index in [2.05, 4.69) is 33.0 Å². The Morgan fingerprint density at radius 1 is 0.778 bits per heavy atom. The number of nitrogens with zero attached hydrogens (tertiary/aromatic N) is 1. The third-order valence-corrected chi connectivity index (χ3v) is 3.61. The van der Waals surface area contributed by atoms with E-state index in [9.17, 15) is 4.79 Å². The highest BCUT2D eigenvalue weighted by Crippen LogP contribution is 1.98. The lowest BCUT2D eigenvalue weighted by atomic mass is 10.1. The van der Waals surface area contributed by atoms with Crippen molar-refractivity contribution in [3.8, 4) is 0 Å². The SMILES string of the molecule is CC(C)CCOCCOCCOCCOCCNC(=O)CN(C)CC(C)C. The number of hydrogen-bond donors (Lipinski definition) is 1. The van der Waals surface area contributed by atoms with Gasteiger partial charge in [0, 0.05) is 19.7 Å². The molecule has 0 aliphatic heterocycles. The Morgan fingerprint density at radius 2 is 1.26 bits per heavy atom. The van der Waals surface area contributed by atoms with Crippen LogP contribution in [0.25, 0.3) is 0 Å². The molecule has 0 saturated carbocycles. The summed E-state index contributed by atoms with van der Waals surface area (Å²) in [5.74, 6) is 1.26. The van der Waals surface area contributed by atoms with E-state index in [1.165, 1.54) is 0 Å². The molecule has 27 heavy (non-hydrogen) atoms. The molecule has 0 aromatic carbocycles. The van der Waals surface area contributed by atoms with Crippen LogP contribution in [0.15, 0.2) is 0 Å². The van der Waals surface area contributed by atoms with Crippen LogP contribution >= 0.6 is 0 Å². The summed E-state index contributed by atoms with van der Waals surface area (Å²) < 4.78 is 21.7. The second-order valence-corrected chi connectivity index (χ2v) is 7.57. The van der Waals surface area contributed by atoms with Crippen LogP contribution in [0.4, 0.5) is 0 Å². The Morgan fingerprint density at radius 3 is 1.74 bits per heavy atom. The van der Waals surface area contributed by atoms with Gasteiger partial charge >= 0.3 is 0 Å². The van der Waals surface area contributed by atoms with Crippen molar-refractivity contribution < 1.29 is 23.7 Å². The quantitative estimate of drug-likeness (QED) is 0.339. The van der Waals surface area contributed by atoms with E-state index in [1.54, 1.807) is 0 Å². The largest absolute Gasteiger partial charge is 0.379 e. The molecule has 7 nitrogen and oxygen atoms in total. The highest BCUT2D eigenvalue weighted by atomic mass is 16.6. The normalized spacial score (nSPS) is 11.7. The van der Waals surface area contributed by atoms with Gasteiger partial charge in [0.15, 0.2) is 0 Å². The summed E-state index contributed by atoms with van der Waals surface area (Å²) in [6.07, 6.45) is 1.09. The summed E-state index contributed by atoms with van der Waals surface area (Å²) in [6, 6.07) is 0. The van der Waals surface area contributed by atoms with Crippen LogP contribution in [0.5, 0.6) is 0 Å². The second-order valence-electron chi connectivity index (χ2n) is 7.57. The highest BCUT2D eigenvalue weighted by molar-refractivity contribution is 5.77. The molecule has 7 heteroatoms. The monoisotopic (exact) mass is 390 g/mol. The minimum atomic E-state index is 0.0309.